The van der Waals surface area contributed by atoms with Crippen LogP contribution in [0.1, 0.15) is 58.3 Å². The lowest BCUT2D eigenvalue weighted by molar-refractivity contribution is -0.571. The highest BCUT2D eigenvalue weighted by molar-refractivity contribution is 5.15. The molecule has 1 N–H and O–H groups in total. The summed E-state index contributed by atoms with van der Waals surface area (Å²) in [6, 6.07) is 4.14. The SMILES string of the molecule is C[C@H]1[C@H](c2ccc[nH]2)O[C@@H]2O[C@@]3(C)CC[C@H]4[C@H](C)CC[C@@H]1[C@@]24OO3. The molecule has 5 heteroatoms. The number of ether oxygens (including phenoxy) is 2. The van der Waals surface area contributed by atoms with Crippen LogP contribution in [-0.4, -0.2) is 22.7 Å². The maximum absolute atomic E-state index is 6.54. The maximum Gasteiger partial charge on any atom is 0.201 e. The highest BCUT2D eigenvalue weighted by Crippen LogP contribution is 2.62. The number of fused-ring (bicyclic) bond motifs is 2. The van der Waals surface area contributed by atoms with Gasteiger partial charge in [-0.1, -0.05) is 13.8 Å². The Labute approximate surface area is 142 Å². The van der Waals surface area contributed by atoms with E-state index in [2.05, 4.69) is 24.9 Å². The van der Waals surface area contributed by atoms with E-state index in [0.717, 1.165) is 25.0 Å². The summed E-state index contributed by atoms with van der Waals surface area (Å²) in [7, 11) is 0. The Morgan fingerprint density at radius 3 is 2.79 bits per heavy atom. The molecule has 5 heterocycles. The zero-order valence-corrected chi connectivity index (χ0v) is 14.7. The van der Waals surface area contributed by atoms with Crippen LogP contribution in [0.4, 0.5) is 0 Å². The normalized spacial score (nSPS) is 53.5. The second-order valence-electron chi connectivity index (χ2n) is 8.45. The lowest BCUT2D eigenvalue weighted by atomic mass is 9.57. The van der Waals surface area contributed by atoms with Crippen LogP contribution in [0, 0.1) is 23.7 Å². The number of hydrogen-bond acceptors (Lipinski definition) is 4. The molecule has 4 saturated heterocycles. The van der Waals surface area contributed by atoms with E-state index in [1.54, 1.807) is 0 Å². The molecule has 8 atom stereocenters. The molecule has 1 aromatic heterocycles. The van der Waals surface area contributed by atoms with Crippen LogP contribution in [0.3, 0.4) is 0 Å². The molecule has 132 valence electrons. The Hall–Kier alpha value is -0.880. The summed E-state index contributed by atoms with van der Waals surface area (Å²) >= 11 is 0. The van der Waals surface area contributed by atoms with Crippen molar-refractivity contribution >= 4 is 0 Å². The molecule has 24 heavy (non-hydrogen) atoms. The Bertz CT molecular complexity index is 619. The van der Waals surface area contributed by atoms with E-state index >= 15 is 0 Å². The summed E-state index contributed by atoms with van der Waals surface area (Å²) in [6.07, 6.45) is 5.93. The molecule has 2 bridgehead atoms. The van der Waals surface area contributed by atoms with Crippen LogP contribution in [0.5, 0.6) is 0 Å². The highest BCUT2D eigenvalue weighted by atomic mass is 17.3. The van der Waals surface area contributed by atoms with Gasteiger partial charge in [0.2, 0.25) is 5.79 Å². The molecular formula is C19H27NO4. The molecule has 1 aromatic rings. The van der Waals surface area contributed by atoms with Gasteiger partial charge >= 0.3 is 0 Å². The standard InChI is InChI=1S/C19H27NO4/c1-11-6-7-14-12(2)16(15-5-4-10-20-15)21-17-19(14)13(11)8-9-18(3,22-17)23-24-19/h4-5,10-14,16-17,20H,6-9H2,1-3H3/t11-,12-,13+,14+,16-,17-,18-,19-/m1/s1. The second kappa shape index (κ2) is 5.07. The largest absolute Gasteiger partial charge is 0.363 e. The average Bonchev–Trinajstić information content (AvgIpc) is 2.99. The fraction of sp³-hybridized carbons (Fsp3) is 0.789. The van der Waals surface area contributed by atoms with Gasteiger partial charge < -0.3 is 14.5 Å². The third-order valence-corrected chi connectivity index (χ3v) is 7.09. The predicted molar refractivity (Wildman–Crippen MR) is 86.6 cm³/mol. The van der Waals surface area contributed by atoms with Crippen molar-refractivity contribution in [3.05, 3.63) is 24.0 Å². The predicted octanol–water partition coefficient (Wildman–Crippen LogP) is 3.94. The monoisotopic (exact) mass is 333 g/mol. The minimum Gasteiger partial charge on any atom is -0.363 e. The topological polar surface area (TPSA) is 52.7 Å². The van der Waals surface area contributed by atoms with Crippen molar-refractivity contribution in [1.82, 2.24) is 4.98 Å². The fourth-order valence-corrected chi connectivity index (χ4v) is 5.78. The number of H-pyrrole nitrogens is 1. The Morgan fingerprint density at radius 2 is 2.00 bits per heavy atom. The van der Waals surface area contributed by atoms with Gasteiger partial charge in [0, 0.05) is 24.2 Å². The lowest BCUT2D eigenvalue weighted by Crippen LogP contribution is -2.69. The summed E-state index contributed by atoms with van der Waals surface area (Å²) in [4.78, 5) is 15.3. The van der Waals surface area contributed by atoms with Gasteiger partial charge in [0.15, 0.2) is 11.9 Å². The van der Waals surface area contributed by atoms with Gasteiger partial charge in [0.25, 0.3) is 0 Å². The third-order valence-electron chi connectivity index (χ3n) is 7.09. The molecule has 5 aliphatic rings. The van der Waals surface area contributed by atoms with Gasteiger partial charge in [-0.05, 0) is 56.1 Å². The molecule has 6 rings (SSSR count). The van der Waals surface area contributed by atoms with Crippen molar-refractivity contribution in [2.75, 3.05) is 0 Å². The highest BCUT2D eigenvalue weighted by Gasteiger charge is 2.69. The Kier molecular flexibility index (Phi) is 3.25. The molecule has 5 nitrogen and oxygen atoms in total. The van der Waals surface area contributed by atoms with E-state index in [9.17, 15) is 0 Å². The first-order valence-corrected chi connectivity index (χ1v) is 9.37. The number of nitrogens with one attached hydrogen (secondary N) is 1. The fourth-order valence-electron chi connectivity index (χ4n) is 5.78. The first kappa shape index (κ1) is 15.4. The van der Waals surface area contributed by atoms with E-state index in [0.29, 0.717) is 23.7 Å². The van der Waals surface area contributed by atoms with Crippen LogP contribution in [0.2, 0.25) is 0 Å². The van der Waals surface area contributed by atoms with Crippen molar-refractivity contribution in [3.63, 3.8) is 0 Å². The first-order valence-electron chi connectivity index (χ1n) is 9.37. The number of aromatic amines is 1. The molecule has 0 unspecified atom stereocenters. The van der Waals surface area contributed by atoms with E-state index in [4.69, 9.17) is 19.2 Å². The zero-order chi connectivity index (χ0) is 16.5. The summed E-state index contributed by atoms with van der Waals surface area (Å²) in [6.45, 7) is 6.61. The first-order chi connectivity index (χ1) is 11.5. The van der Waals surface area contributed by atoms with Gasteiger partial charge in [-0.3, -0.25) is 0 Å². The van der Waals surface area contributed by atoms with Crippen LogP contribution in [0.15, 0.2) is 18.3 Å². The van der Waals surface area contributed by atoms with Crippen LogP contribution in [-0.2, 0) is 19.2 Å². The minimum absolute atomic E-state index is 0.0150. The number of rotatable bonds is 1. The van der Waals surface area contributed by atoms with Crippen molar-refractivity contribution in [2.24, 2.45) is 23.7 Å². The summed E-state index contributed by atoms with van der Waals surface area (Å²) < 4.78 is 12.9. The quantitative estimate of drug-likeness (QED) is 0.791. The lowest BCUT2D eigenvalue weighted by Gasteiger charge is -2.60. The number of hydrogen-bond donors (Lipinski definition) is 1. The van der Waals surface area contributed by atoms with E-state index < -0.39 is 11.4 Å². The van der Waals surface area contributed by atoms with E-state index in [1.807, 2.05) is 19.2 Å². The average molecular weight is 333 g/mol. The van der Waals surface area contributed by atoms with Crippen molar-refractivity contribution in [1.29, 1.82) is 0 Å². The van der Waals surface area contributed by atoms with Crippen LogP contribution < -0.4 is 0 Å². The van der Waals surface area contributed by atoms with Gasteiger partial charge in [0.05, 0.1) is 0 Å². The van der Waals surface area contributed by atoms with E-state index in [-0.39, 0.29) is 12.4 Å². The van der Waals surface area contributed by atoms with Gasteiger partial charge in [0.1, 0.15) is 6.10 Å². The molecule has 4 aliphatic heterocycles. The molecule has 1 spiro atoms. The third kappa shape index (κ3) is 1.90. The Balaban J connectivity index is 1.60. The second-order valence-corrected chi connectivity index (χ2v) is 8.45. The molecular weight excluding hydrogens is 306 g/mol. The minimum atomic E-state index is -0.696. The van der Waals surface area contributed by atoms with Crippen LogP contribution in [0.25, 0.3) is 0 Å². The molecule has 0 radical (unpaired) electrons. The molecule has 0 aromatic carbocycles. The van der Waals surface area contributed by atoms with E-state index in [1.165, 1.54) is 6.42 Å². The van der Waals surface area contributed by atoms with Crippen molar-refractivity contribution < 1.29 is 19.2 Å². The molecule has 1 aliphatic carbocycles. The van der Waals surface area contributed by atoms with Crippen molar-refractivity contribution in [3.8, 4) is 0 Å². The molecule has 1 saturated carbocycles. The molecule has 0 amide bonds. The summed E-state index contributed by atoms with van der Waals surface area (Å²) in [5.74, 6) is 1.07. The van der Waals surface area contributed by atoms with Gasteiger partial charge in [-0.25, -0.2) is 9.78 Å². The van der Waals surface area contributed by atoms with Crippen LogP contribution >= 0.6 is 0 Å². The van der Waals surface area contributed by atoms with Gasteiger partial charge in [-0.15, -0.1) is 0 Å². The smallest absolute Gasteiger partial charge is 0.201 e. The molecule has 5 fully saturated rings. The Morgan fingerprint density at radius 1 is 1.12 bits per heavy atom. The van der Waals surface area contributed by atoms with Crippen molar-refractivity contribution in [2.45, 2.75) is 70.2 Å². The number of aromatic nitrogens is 1. The summed E-state index contributed by atoms with van der Waals surface area (Å²) in [5, 5.41) is 0. The van der Waals surface area contributed by atoms with Gasteiger partial charge in [-0.2, -0.15) is 0 Å². The maximum atomic E-state index is 6.54. The summed E-state index contributed by atoms with van der Waals surface area (Å²) in [5.41, 5.74) is 0.665. The zero-order valence-electron chi connectivity index (χ0n) is 14.7.